The molecule has 0 saturated heterocycles. The van der Waals surface area contributed by atoms with Gasteiger partial charge in [-0.15, -0.1) is 0 Å². The minimum atomic E-state index is -0.234. The van der Waals surface area contributed by atoms with E-state index in [1.54, 1.807) is 16.9 Å². The third kappa shape index (κ3) is 2.32. The molecule has 0 amide bonds. The highest BCUT2D eigenvalue weighted by atomic mass is 127. The van der Waals surface area contributed by atoms with E-state index in [2.05, 4.69) is 10.1 Å². The number of halogens is 2. The topological polar surface area (TPSA) is 38.5 Å². The van der Waals surface area contributed by atoms with Crippen molar-refractivity contribution in [2.75, 3.05) is 0 Å². The van der Waals surface area contributed by atoms with Crippen molar-refractivity contribution in [3.05, 3.63) is 44.2 Å². The number of hydrogen-bond donors (Lipinski definition) is 1. The first-order chi connectivity index (χ1) is 9.04. The van der Waals surface area contributed by atoms with E-state index in [0.29, 0.717) is 14.9 Å². The van der Waals surface area contributed by atoms with Gasteiger partial charge >= 0.3 is 0 Å². The van der Waals surface area contributed by atoms with Gasteiger partial charge in [0, 0.05) is 24.9 Å². The zero-order chi connectivity index (χ0) is 13.6. The third-order valence-corrected chi connectivity index (χ3v) is 4.06. The number of aromatic nitrogens is 4. The average Bonchev–Trinajstić information content (AvgIpc) is 2.87. The van der Waals surface area contributed by atoms with Crippen LogP contribution < -0.4 is 0 Å². The van der Waals surface area contributed by atoms with E-state index in [0.717, 1.165) is 16.6 Å². The second-order valence-electron chi connectivity index (χ2n) is 4.32. The summed E-state index contributed by atoms with van der Waals surface area (Å²) in [6.45, 7) is 0.576. The predicted octanol–water partition coefficient (Wildman–Crippen LogP) is 3.22. The number of fused-ring (bicyclic) bond motifs is 1. The Labute approximate surface area is 127 Å². The maximum Gasteiger partial charge on any atom is 0.178 e. The Morgan fingerprint density at radius 1 is 1.47 bits per heavy atom. The molecular weight excluding hydrogens is 378 g/mol. The minimum absolute atomic E-state index is 0.234. The van der Waals surface area contributed by atoms with Crippen molar-refractivity contribution in [1.82, 2.24) is 19.3 Å². The van der Waals surface area contributed by atoms with E-state index in [4.69, 9.17) is 12.2 Å². The second-order valence-corrected chi connectivity index (χ2v) is 5.87. The van der Waals surface area contributed by atoms with Crippen LogP contribution in [0.4, 0.5) is 4.39 Å². The van der Waals surface area contributed by atoms with Crippen molar-refractivity contribution in [3.63, 3.8) is 0 Å². The normalized spacial score (nSPS) is 11.3. The number of hydrogen-bond acceptors (Lipinski definition) is 2. The monoisotopic (exact) mass is 388 g/mol. The molecule has 0 aliphatic heterocycles. The molecule has 1 N–H and O–H groups in total. The lowest BCUT2D eigenvalue weighted by Crippen LogP contribution is -1.99. The molecule has 0 unspecified atom stereocenters. The van der Waals surface area contributed by atoms with Gasteiger partial charge in [0.15, 0.2) is 4.77 Å². The fourth-order valence-corrected chi connectivity index (χ4v) is 2.78. The molecule has 2 aromatic heterocycles. The largest absolute Gasteiger partial charge is 0.331 e. The Kier molecular flexibility index (Phi) is 3.17. The SMILES string of the molecule is Cn1cc(Cn2c(=S)[nH]c3cc(I)c(F)cc32)cn1. The molecule has 3 rings (SSSR count). The Morgan fingerprint density at radius 3 is 2.95 bits per heavy atom. The summed E-state index contributed by atoms with van der Waals surface area (Å²) >= 11 is 7.27. The molecule has 0 aliphatic rings. The van der Waals surface area contributed by atoms with Gasteiger partial charge < -0.3 is 9.55 Å². The van der Waals surface area contributed by atoms with Crippen molar-refractivity contribution in [2.45, 2.75) is 6.54 Å². The number of aryl methyl sites for hydroxylation is 1. The molecule has 0 radical (unpaired) electrons. The highest BCUT2D eigenvalue weighted by Crippen LogP contribution is 2.21. The van der Waals surface area contributed by atoms with Crippen molar-refractivity contribution in [2.24, 2.45) is 7.05 Å². The van der Waals surface area contributed by atoms with E-state index in [9.17, 15) is 4.39 Å². The van der Waals surface area contributed by atoms with Crippen LogP contribution >= 0.6 is 34.8 Å². The van der Waals surface area contributed by atoms with E-state index in [-0.39, 0.29) is 5.82 Å². The molecule has 2 heterocycles. The first kappa shape index (κ1) is 12.8. The van der Waals surface area contributed by atoms with Crippen LogP contribution in [0.5, 0.6) is 0 Å². The number of nitrogens with zero attached hydrogens (tertiary/aromatic N) is 3. The number of H-pyrrole nitrogens is 1. The quantitative estimate of drug-likeness (QED) is 0.541. The highest BCUT2D eigenvalue weighted by molar-refractivity contribution is 14.1. The summed E-state index contributed by atoms with van der Waals surface area (Å²) in [6, 6.07) is 3.28. The molecule has 3 aromatic rings. The predicted molar refractivity (Wildman–Crippen MR) is 82.1 cm³/mol. The molecule has 0 saturated carbocycles. The molecule has 19 heavy (non-hydrogen) atoms. The molecule has 0 aliphatic carbocycles. The smallest absolute Gasteiger partial charge is 0.178 e. The zero-order valence-corrected chi connectivity index (χ0v) is 13.0. The van der Waals surface area contributed by atoms with Gasteiger partial charge in [0.25, 0.3) is 0 Å². The van der Waals surface area contributed by atoms with E-state index in [1.807, 2.05) is 40.4 Å². The zero-order valence-electron chi connectivity index (χ0n) is 10.0. The van der Waals surface area contributed by atoms with E-state index < -0.39 is 0 Å². The molecule has 0 fully saturated rings. The van der Waals surface area contributed by atoms with Gasteiger partial charge in [0.2, 0.25) is 0 Å². The van der Waals surface area contributed by atoms with E-state index in [1.165, 1.54) is 6.07 Å². The number of rotatable bonds is 2. The Balaban J connectivity index is 2.15. The number of benzene rings is 1. The van der Waals surface area contributed by atoms with Crippen molar-refractivity contribution >= 4 is 45.8 Å². The summed E-state index contributed by atoms with van der Waals surface area (Å²) in [5.74, 6) is -0.234. The van der Waals surface area contributed by atoms with Gasteiger partial charge in [0.1, 0.15) is 5.82 Å². The molecular formula is C12H10FIN4S. The van der Waals surface area contributed by atoms with Gasteiger partial charge in [0.05, 0.1) is 27.3 Å². The van der Waals surface area contributed by atoms with Crippen LogP contribution in [0.25, 0.3) is 11.0 Å². The maximum atomic E-state index is 13.7. The van der Waals surface area contributed by atoms with Gasteiger partial charge in [-0.25, -0.2) is 4.39 Å². The molecule has 0 bridgehead atoms. The molecule has 0 atom stereocenters. The summed E-state index contributed by atoms with van der Waals surface area (Å²) in [6.07, 6.45) is 3.70. The fraction of sp³-hybridized carbons (Fsp3) is 0.167. The average molecular weight is 388 g/mol. The van der Waals surface area contributed by atoms with Crippen LogP contribution in [-0.4, -0.2) is 19.3 Å². The van der Waals surface area contributed by atoms with Crippen LogP contribution in [0.1, 0.15) is 5.56 Å². The number of nitrogens with one attached hydrogen (secondary N) is 1. The Morgan fingerprint density at radius 2 is 2.26 bits per heavy atom. The Bertz CT molecular complexity index is 817. The molecule has 0 spiro atoms. The van der Waals surface area contributed by atoms with Crippen molar-refractivity contribution < 1.29 is 4.39 Å². The van der Waals surface area contributed by atoms with Crippen molar-refractivity contribution in [1.29, 1.82) is 0 Å². The lowest BCUT2D eigenvalue weighted by molar-refractivity contribution is 0.621. The van der Waals surface area contributed by atoms with Crippen LogP contribution in [0.3, 0.4) is 0 Å². The van der Waals surface area contributed by atoms with Crippen LogP contribution in [0.2, 0.25) is 0 Å². The molecule has 7 heteroatoms. The maximum absolute atomic E-state index is 13.7. The minimum Gasteiger partial charge on any atom is -0.331 e. The van der Waals surface area contributed by atoms with Crippen LogP contribution in [0, 0.1) is 14.2 Å². The second kappa shape index (κ2) is 4.71. The van der Waals surface area contributed by atoms with Crippen LogP contribution in [0.15, 0.2) is 24.5 Å². The van der Waals surface area contributed by atoms with Gasteiger partial charge in [-0.1, -0.05) is 0 Å². The molecule has 1 aromatic carbocycles. The summed E-state index contributed by atoms with van der Waals surface area (Å²) in [4.78, 5) is 3.10. The van der Waals surface area contributed by atoms with Gasteiger partial charge in [-0.05, 0) is 40.9 Å². The lowest BCUT2D eigenvalue weighted by atomic mass is 10.3. The summed E-state index contributed by atoms with van der Waals surface area (Å²) < 4.78 is 18.5. The summed E-state index contributed by atoms with van der Waals surface area (Å²) in [7, 11) is 1.86. The highest BCUT2D eigenvalue weighted by Gasteiger charge is 2.09. The number of aromatic amines is 1. The standard InChI is InChI=1S/C12H10FIN4S/c1-17-5-7(4-15-17)6-18-11-2-8(13)9(14)3-10(11)16-12(18)19/h2-5H,6H2,1H3,(H,16,19). The Hall–Kier alpha value is -1.22. The first-order valence-electron chi connectivity index (χ1n) is 5.59. The third-order valence-electron chi connectivity index (χ3n) is 2.92. The van der Waals surface area contributed by atoms with Gasteiger partial charge in [-0.2, -0.15) is 5.10 Å². The first-order valence-corrected chi connectivity index (χ1v) is 7.08. The summed E-state index contributed by atoms with van der Waals surface area (Å²) in [5, 5.41) is 4.12. The molecule has 98 valence electrons. The molecule has 4 nitrogen and oxygen atoms in total. The lowest BCUT2D eigenvalue weighted by Gasteiger charge is -2.03. The van der Waals surface area contributed by atoms with Crippen LogP contribution in [-0.2, 0) is 13.6 Å². The van der Waals surface area contributed by atoms with E-state index >= 15 is 0 Å². The van der Waals surface area contributed by atoms with Gasteiger partial charge in [-0.3, -0.25) is 4.68 Å². The van der Waals surface area contributed by atoms with Crippen molar-refractivity contribution in [3.8, 4) is 0 Å². The number of imidazole rings is 1. The fourth-order valence-electron chi connectivity index (χ4n) is 2.04. The summed E-state index contributed by atoms with van der Waals surface area (Å²) in [5.41, 5.74) is 2.64.